The van der Waals surface area contributed by atoms with Crippen LogP contribution in [0.4, 0.5) is 0 Å². The van der Waals surface area contributed by atoms with Crippen LogP contribution >= 0.6 is 34.8 Å². The maximum Gasteiger partial charge on any atom is 0.177 e. The molecule has 2 N–H and O–H groups in total. The number of ether oxygens (including phenoxy) is 1. The molecule has 3 atom stereocenters. The molecule has 0 amide bonds. The molecule has 0 aliphatic carbocycles. The highest BCUT2D eigenvalue weighted by atomic mass is 35.5. The summed E-state index contributed by atoms with van der Waals surface area (Å²) in [5, 5.41) is 9.33. The highest BCUT2D eigenvalue weighted by molar-refractivity contribution is 7.91. The van der Waals surface area contributed by atoms with Crippen molar-refractivity contribution < 1.29 is 21.6 Å². The van der Waals surface area contributed by atoms with Crippen LogP contribution in [0, 0.1) is 5.92 Å². The molecule has 2 fully saturated rings. The van der Waals surface area contributed by atoms with Crippen molar-refractivity contribution in [3.63, 3.8) is 0 Å². The van der Waals surface area contributed by atoms with Crippen molar-refractivity contribution in [1.82, 2.24) is 15.5 Å². The molecule has 0 saturated carbocycles. The molecule has 2 aliphatic rings. The molecule has 2 saturated heterocycles. The normalized spacial score (nSPS) is 25.8. The van der Waals surface area contributed by atoms with E-state index in [1.807, 2.05) is 55.5 Å². The van der Waals surface area contributed by atoms with Crippen LogP contribution in [0.25, 0.3) is 0 Å². The van der Waals surface area contributed by atoms with Gasteiger partial charge in [-0.15, -0.1) is 0 Å². The van der Waals surface area contributed by atoms with E-state index in [1.165, 1.54) is 6.26 Å². The van der Waals surface area contributed by atoms with Crippen LogP contribution < -0.4 is 15.4 Å². The summed E-state index contributed by atoms with van der Waals surface area (Å²) >= 11 is 19.3. The third-order valence-electron chi connectivity index (χ3n) is 10.0. The Morgan fingerprint density at radius 1 is 0.833 bits per heavy atom. The second-order valence-electron chi connectivity index (χ2n) is 13.5. The third-order valence-corrected chi connectivity index (χ3v) is 13.1. The summed E-state index contributed by atoms with van der Waals surface area (Å²) < 4.78 is 56.1. The first-order valence-corrected chi connectivity index (χ1v) is 21.2. The first-order chi connectivity index (χ1) is 22.4. The Morgan fingerprint density at radius 3 is 1.77 bits per heavy atom. The SMILES string of the molecule is CCOc1cc(Cl)c(S(C)(=O)=O)cc1C1(CN2CCC(CCS(C)(=O)=O)CC2)N[C@@](C)(c2ccc(Cl)cc2)[C@@](C)(c2ccc(Cl)cc2)N1. The second-order valence-corrected chi connectivity index (χ2v) is 19.1. The molecular weight excluding hydrogens is 713 g/mol. The number of rotatable bonds is 11. The van der Waals surface area contributed by atoms with Crippen molar-refractivity contribution in [2.75, 3.05) is 44.5 Å². The summed E-state index contributed by atoms with van der Waals surface area (Å²) in [6, 6.07) is 18.7. The lowest BCUT2D eigenvalue weighted by atomic mass is 9.72. The van der Waals surface area contributed by atoms with Gasteiger partial charge < -0.3 is 4.74 Å². The molecule has 2 aliphatic heterocycles. The van der Waals surface area contributed by atoms with E-state index in [-0.39, 0.29) is 15.7 Å². The van der Waals surface area contributed by atoms with Crippen molar-refractivity contribution in [2.45, 2.75) is 61.7 Å². The molecule has 2 heterocycles. The van der Waals surface area contributed by atoms with Gasteiger partial charge in [-0.3, -0.25) is 15.5 Å². The Kier molecular flexibility index (Phi) is 10.9. The minimum absolute atomic E-state index is 0.0124. The molecule has 3 aromatic carbocycles. The zero-order valence-corrected chi connectivity index (χ0v) is 31.8. The number of halogens is 3. The summed E-state index contributed by atoms with van der Waals surface area (Å²) in [4.78, 5) is 2.36. The van der Waals surface area contributed by atoms with Crippen molar-refractivity contribution in [2.24, 2.45) is 5.92 Å². The van der Waals surface area contributed by atoms with Gasteiger partial charge in [-0.1, -0.05) is 59.1 Å². The Bertz CT molecular complexity index is 1790. The fourth-order valence-corrected chi connectivity index (χ4v) is 9.63. The largest absolute Gasteiger partial charge is 0.493 e. The minimum Gasteiger partial charge on any atom is -0.493 e. The van der Waals surface area contributed by atoms with Crippen LogP contribution in [-0.4, -0.2) is 66.2 Å². The molecule has 48 heavy (non-hydrogen) atoms. The van der Waals surface area contributed by atoms with Crippen molar-refractivity contribution in [3.05, 3.63) is 92.4 Å². The number of benzene rings is 3. The number of piperidine rings is 1. The van der Waals surface area contributed by atoms with E-state index in [2.05, 4.69) is 29.4 Å². The van der Waals surface area contributed by atoms with E-state index in [1.54, 1.807) is 12.1 Å². The quantitative estimate of drug-likeness (QED) is 0.221. The standard InChI is InChI=1S/C35H44Cl3N3O5S2/c1-6-46-31-22-30(38)32(48(5,44)45)21-29(31)35(23-41-18-15-24(16-19-41)17-20-47(4,42)43)39-33(2,25-7-11-27(36)12-8-25)34(3,40-35)26-9-13-28(37)14-10-26/h7-14,21-22,24,39-40H,6,15-20,23H2,1-5H3/t33-,34+,35?. The maximum absolute atomic E-state index is 13.1. The van der Waals surface area contributed by atoms with E-state index in [0.29, 0.717) is 46.8 Å². The Labute approximate surface area is 300 Å². The van der Waals surface area contributed by atoms with Gasteiger partial charge in [0.05, 0.1) is 33.4 Å². The van der Waals surface area contributed by atoms with Crippen molar-refractivity contribution in [1.29, 1.82) is 0 Å². The lowest BCUT2D eigenvalue weighted by Gasteiger charge is -2.41. The lowest BCUT2D eigenvalue weighted by Crippen LogP contribution is -2.57. The molecule has 13 heteroatoms. The fraction of sp³-hybridized carbons (Fsp3) is 0.486. The smallest absolute Gasteiger partial charge is 0.177 e. The number of likely N-dealkylation sites (tertiary alicyclic amines) is 1. The summed E-state index contributed by atoms with van der Waals surface area (Å²) in [7, 11) is -6.75. The number of nitrogens with one attached hydrogen (secondary N) is 2. The topological polar surface area (TPSA) is 105 Å². The molecule has 0 spiro atoms. The molecule has 1 unspecified atom stereocenters. The molecule has 262 valence electrons. The predicted molar refractivity (Wildman–Crippen MR) is 195 cm³/mol. The van der Waals surface area contributed by atoms with E-state index >= 15 is 0 Å². The first kappa shape index (κ1) is 37.4. The maximum atomic E-state index is 13.1. The zero-order valence-electron chi connectivity index (χ0n) is 27.9. The van der Waals surface area contributed by atoms with E-state index in [0.717, 1.165) is 43.3 Å². The van der Waals surface area contributed by atoms with Gasteiger partial charge in [0, 0.05) is 40.7 Å². The zero-order chi connectivity index (χ0) is 35.1. The molecule has 3 aromatic rings. The highest BCUT2D eigenvalue weighted by Crippen LogP contribution is 2.52. The molecule has 8 nitrogen and oxygen atoms in total. The van der Waals surface area contributed by atoms with E-state index in [9.17, 15) is 16.8 Å². The molecule has 5 rings (SSSR count). The fourth-order valence-electron chi connectivity index (χ4n) is 7.30. The lowest BCUT2D eigenvalue weighted by molar-refractivity contribution is 0.117. The Balaban J connectivity index is 1.69. The van der Waals surface area contributed by atoms with E-state index < -0.39 is 36.4 Å². The van der Waals surface area contributed by atoms with Gasteiger partial charge in [0.2, 0.25) is 0 Å². The van der Waals surface area contributed by atoms with Crippen LogP contribution in [-0.2, 0) is 36.4 Å². The summed E-state index contributed by atoms with van der Waals surface area (Å²) in [5.41, 5.74) is -0.0776. The predicted octanol–water partition coefficient (Wildman–Crippen LogP) is 6.77. The van der Waals surface area contributed by atoms with Crippen molar-refractivity contribution >= 4 is 54.5 Å². The third kappa shape index (κ3) is 7.71. The average Bonchev–Trinajstić information content (AvgIpc) is 3.24. The summed E-state index contributed by atoms with van der Waals surface area (Å²) in [5.74, 6) is 0.957. The Hall–Kier alpha value is -1.89. The molecule has 0 bridgehead atoms. The van der Waals surface area contributed by atoms with Gasteiger partial charge in [-0.2, -0.15) is 0 Å². The monoisotopic (exact) mass is 755 g/mol. The van der Waals surface area contributed by atoms with Gasteiger partial charge in [-0.25, -0.2) is 16.8 Å². The van der Waals surface area contributed by atoms with Gasteiger partial charge in [0.15, 0.2) is 9.84 Å². The molecule has 0 radical (unpaired) electrons. The van der Waals surface area contributed by atoms with E-state index in [4.69, 9.17) is 39.5 Å². The average molecular weight is 757 g/mol. The van der Waals surface area contributed by atoms with Gasteiger partial charge >= 0.3 is 0 Å². The van der Waals surface area contributed by atoms with Gasteiger partial charge in [0.25, 0.3) is 0 Å². The van der Waals surface area contributed by atoms with Crippen LogP contribution in [0.2, 0.25) is 15.1 Å². The van der Waals surface area contributed by atoms with Crippen molar-refractivity contribution in [3.8, 4) is 5.75 Å². The van der Waals surface area contributed by atoms with Gasteiger partial charge in [-0.05, 0) is 100 Å². The second kappa shape index (κ2) is 14.0. The summed E-state index contributed by atoms with van der Waals surface area (Å²) in [6.07, 6.45) is 4.77. The molecular formula is C35H44Cl3N3O5S2. The number of hydrogen-bond acceptors (Lipinski definition) is 8. The highest BCUT2D eigenvalue weighted by Gasteiger charge is 2.61. The van der Waals surface area contributed by atoms with Crippen LogP contribution in [0.1, 0.15) is 56.7 Å². The number of nitrogens with zero attached hydrogens (tertiary/aromatic N) is 1. The van der Waals surface area contributed by atoms with Crippen LogP contribution in [0.15, 0.2) is 65.6 Å². The Morgan fingerprint density at radius 2 is 1.33 bits per heavy atom. The van der Waals surface area contributed by atoms with Gasteiger partial charge in [0.1, 0.15) is 21.2 Å². The number of hydrogen-bond donors (Lipinski definition) is 2. The number of sulfone groups is 2. The molecule has 0 aromatic heterocycles. The van der Waals surface area contributed by atoms with Crippen LogP contribution in [0.3, 0.4) is 0 Å². The summed E-state index contributed by atoms with van der Waals surface area (Å²) in [6.45, 7) is 8.41. The van der Waals surface area contributed by atoms with Crippen LogP contribution in [0.5, 0.6) is 5.75 Å². The minimum atomic E-state index is -3.71. The first-order valence-electron chi connectivity index (χ1n) is 16.1.